The first kappa shape index (κ1) is 11.0. The van der Waals surface area contributed by atoms with Crippen LogP contribution in [-0.2, 0) is 0 Å². The van der Waals surface area contributed by atoms with Crippen LogP contribution < -0.4 is 10.2 Å². The highest BCUT2D eigenvalue weighted by molar-refractivity contribution is 9.10. The molecule has 0 aromatic carbocycles. The minimum absolute atomic E-state index is 0.113. The van der Waals surface area contributed by atoms with Gasteiger partial charge in [-0.3, -0.25) is 5.10 Å². The van der Waals surface area contributed by atoms with Crippen LogP contribution >= 0.6 is 15.9 Å². The van der Waals surface area contributed by atoms with Crippen molar-refractivity contribution in [3.8, 4) is 0 Å². The van der Waals surface area contributed by atoms with Gasteiger partial charge in [0.2, 0.25) is 0 Å². The smallest absolute Gasteiger partial charge is 0.165 e. The first-order chi connectivity index (χ1) is 7.02. The largest absolute Gasteiger partial charge is 0.347 e. The average Bonchev–Trinajstić information content (AvgIpc) is 2.48. The number of hydrogen-bond acceptors (Lipinski definition) is 3. The van der Waals surface area contributed by atoms with E-state index in [1.54, 1.807) is 0 Å². The first-order valence-electron chi connectivity index (χ1n) is 5.21. The molecule has 4 nitrogen and oxygen atoms in total. The molecule has 1 aliphatic rings. The molecule has 1 saturated heterocycles. The van der Waals surface area contributed by atoms with Crippen LogP contribution in [0.2, 0.25) is 0 Å². The number of aromatic amines is 1. The number of nitrogens with zero attached hydrogens (tertiary/aromatic N) is 2. The lowest BCUT2D eigenvalue weighted by Crippen LogP contribution is -2.58. The Morgan fingerprint density at radius 1 is 1.47 bits per heavy atom. The fraction of sp³-hybridized carbons (Fsp3) is 0.700. The SMILES string of the molecule is Cc1[nH]nc(N2CCNCC2(C)C)c1Br. The summed E-state index contributed by atoms with van der Waals surface area (Å²) in [6, 6.07) is 0. The molecule has 0 atom stereocenters. The van der Waals surface area contributed by atoms with Gasteiger partial charge in [0.1, 0.15) is 0 Å². The van der Waals surface area contributed by atoms with E-state index in [-0.39, 0.29) is 5.54 Å². The van der Waals surface area contributed by atoms with Crippen molar-refractivity contribution >= 4 is 21.7 Å². The zero-order valence-corrected chi connectivity index (χ0v) is 11.0. The zero-order valence-electron chi connectivity index (χ0n) is 9.39. The van der Waals surface area contributed by atoms with Crippen LogP contribution in [0.25, 0.3) is 0 Å². The Hall–Kier alpha value is -0.550. The third-order valence-corrected chi connectivity index (χ3v) is 3.86. The summed E-state index contributed by atoms with van der Waals surface area (Å²) in [4.78, 5) is 2.34. The number of nitrogens with one attached hydrogen (secondary N) is 2. The molecule has 0 amide bonds. The Bertz CT molecular complexity index is 358. The van der Waals surface area contributed by atoms with E-state index in [9.17, 15) is 0 Å². The Labute approximate surface area is 98.6 Å². The fourth-order valence-electron chi connectivity index (χ4n) is 1.96. The Balaban J connectivity index is 2.33. The summed E-state index contributed by atoms with van der Waals surface area (Å²) >= 11 is 3.58. The number of anilines is 1. The number of aryl methyl sites for hydroxylation is 1. The topological polar surface area (TPSA) is 44.0 Å². The van der Waals surface area contributed by atoms with Crippen molar-refractivity contribution in [2.75, 3.05) is 24.5 Å². The summed E-state index contributed by atoms with van der Waals surface area (Å²) in [5.41, 5.74) is 1.20. The van der Waals surface area contributed by atoms with E-state index >= 15 is 0 Å². The lowest BCUT2D eigenvalue weighted by Gasteiger charge is -2.43. The molecule has 2 rings (SSSR count). The molecule has 84 valence electrons. The van der Waals surface area contributed by atoms with Crippen LogP contribution in [0.4, 0.5) is 5.82 Å². The summed E-state index contributed by atoms with van der Waals surface area (Å²) in [5, 5.41) is 10.8. The van der Waals surface area contributed by atoms with E-state index in [4.69, 9.17) is 0 Å². The van der Waals surface area contributed by atoms with Gasteiger partial charge in [-0.25, -0.2) is 0 Å². The van der Waals surface area contributed by atoms with Gasteiger partial charge in [-0.1, -0.05) is 0 Å². The van der Waals surface area contributed by atoms with Crippen molar-refractivity contribution in [3.05, 3.63) is 10.2 Å². The lowest BCUT2D eigenvalue weighted by atomic mass is 10.0. The second-order valence-corrected chi connectivity index (χ2v) is 5.42. The third kappa shape index (κ3) is 1.90. The summed E-state index contributed by atoms with van der Waals surface area (Å²) in [5.74, 6) is 1.03. The number of rotatable bonds is 1. The van der Waals surface area contributed by atoms with Crippen LogP contribution in [0.5, 0.6) is 0 Å². The summed E-state index contributed by atoms with van der Waals surface area (Å²) in [7, 11) is 0. The number of halogens is 1. The van der Waals surface area contributed by atoms with Crippen molar-refractivity contribution in [2.24, 2.45) is 0 Å². The predicted octanol–water partition coefficient (Wildman–Crippen LogP) is 1.67. The molecule has 2 heterocycles. The predicted molar refractivity (Wildman–Crippen MR) is 65.3 cm³/mol. The summed E-state index contributed by atoms with van der Waals surface area (Å²) < 4.78 is 1.08. The molecular formula is C10H17BrN4. The van der Waals surface area contributed by atoms with Crippen LogP contribution in [0.1, 0.15) is 19.5 Å². The molecule has 15 heavy (non-hydrogen) atoms. The molecule has 1 aliphatic heterocycles. The third-order valence-electron chi connectivity index (χ3n) is 2.91. The maximum absolute atomic E-state index is 4.36. The molecule has 0 saturated carbocycles. The van der Waals surface area contributed by atoms with E-state index < -0.39 is 0 Å². The van der Waals surface area contributed by atoms with Crippen molar-refractivity contribution < 1.29 is 0 Å². The molecule has 1 aromatic rings. The fourth-order valence-corrected chi connectivity index (χ4v) is 2.35. The molecule has 0 aliphatic carbocycles. The number of aromatic nitrogens is 2. The quantitative estimate of drug-likeness (QED) is 0.818. The van der Waals surface area contributed by atoms with Gasteiger partial charge in [0, 0.05) is 30.9 Å². The van der Waals surface area contributed by atoms with Gasteiger partial charge >= 0.3 is 0 Å². The lowest BCUT2D eigenvalue weighted by molar-refractivity contribution is 0.377. The van der Waals surface area contributed by atoms with Gasteiger partial charge in [-0.15, -0.1) is 0 Å². The number of H-pyrrole nitrogens is 1. The van der Waals surface area contributed by atoms with E-state index in [0.717, 1.165) is 35.6 Å². The monoisotopic (exact) mass is 272 g/mol. The van der Waals surface area contributed by atoms with E-state index in [1.165, 1.54) is 0 Å². The van der Waals surface area contributed by atoms with Gasteiger partial charge < -0.3 is 10.2 Å². The van der Waals surface area contributed by atoms with E-state index in [0.29, 0.717) is 0 Å². The molecule has 1 fully saturated rings. The number of hydrogen-bond donors (Lipinski definition) is 2. The van der Waals surface area contributed by atoms with Crippen LogP contribution in [0.3, 0.4) is 0 Å². The van der Waals surface area contributed by atoms with Gasteiger partial charge in [0.05, 0.1) is 4.47 Å². The highest BCUT2D eigenvalue weighted by Crippen LogP contribution is 2.31. The van der Waals surface area contributed by atoms with Crippen molar-refractivity contribution in [3.63, 3.8) is 0 Å². The molecule has 0 unspecified atom stereocenters. The Morgan fingerprint density at radius 2 is 2.20 bits per heavy atom. The van der Waals surface area contributed by atoms with Gasteiger partial charge in [0.15, 0.2) is 5.82 Å². The second-order valence-electron chi connectivity index (χ2n) is 4.63. The van der Waals surface area contributed by atoms with Crippen molar-refractivity contribution in [2.45, 2.75) is 26.3 Å². The normalized spacial score (nSPS) is 20.7. The Morgan fingerprint density at radius 3 is 2.73 bits per heavy atom. The van der Waals surface area contributed by atoms with Crippen molar-refractivity contribution in [1.82, 2.24) is 15.5 Å². The Kier molecular flexibility index (Phi) is 2.77. The van der Waals surface area contributed by atoms with Gasteiger partial charge in [-0.2, -0.15) is 5.10 Å². The first-order valence-corrected chi connectivity index (χ1v) is 6.00. The van der Waals surface area contributed by atoms with Crippen molar-refractivity contribution in [1.29, 1.82) is 0 Å². The highest BCUT2D eigenvalue weighted by atomic mass is 79.9. The average molecular weight is 273 g/mol. The zero-order chi connectivity index (χ0) is 11.1. The maximum atomic E-state index is 4.36. The van der Waals surface area contributed by atoms with E-state index in [2.05, 4.69) is 50.2 Å². The van der Waals surface area contributed by atoms with E-state index in [1.807, 2.05) is 6.92 Å². The standard InChI is InChI=1S/C10H17BrN4/c1-7-8(11)9(14-13-7)15-5-4-12-6-10(15,2)3/h12H,4-6H2,1-3H3,(H,13,14). The summed E-state index contributed by atoms with van der Waals surface area (Å²) in [6.45, 7) is 9.49. The summed E-state index contributed by atoms with van der Waals surface area (Å²) in [6.07, 6.45) is 0. The molecule has 0 bridgehead atoms. The highest BCUT2D eigenvalue weighted by Gasteiger charge is 2.32. The number of piperazine rings is 1. The second kappa shape index (κ2) is 3.79. The van der Waals surface area contributed by atoms with Gasteiger partial charge in [-0.05, 0) is 36.7 Å². The maximum Gasteiger partial charge on any atom is 0.165 e. The van der Waals surface area contributed by atoms with Gasteiger partial charge in [0.25, 0.3) is 0 Å². The van der Waals surface area contributed by atoms with Crippen LogP contribution in [-0.4, -0.2) is 35.4 Å². The van der Waals surface area contributed by atoms with Crippen LogP contribution in [0.15, 0.2) is 4.47 Å². The molecular weight excluding hydrogens is 256 g/mol. The molecule has 0 radical (unpaired) electrons. The van der Waals surface area contributed by atoms with Crippen LogP contribution in [0, 0.1) is 6.92 Å². The molecule has 0 spiro atoms. The minimum atomic E-state index is 0.113. The molecule has 2 N–H and O–H groups in total. The minimum Gasteiger partial charge on any atom is -0.347 e. The molecule has 5 heteroatoms. The molecule has 1 aromatic heterocycles.